The van der Waals surface area contributed by atoms with Crippen molar-refractivity contribution in [3.8, 4) is 12.1 Å². The van der Waals surface area contributed by atoms with E-state index >= 15 is 0 Å². The molecule has 1 aromatic heterocycles. The molecule has 28 heavy (non-hydrogen) atoms. The topological polar surface area (TPSA) is 76.7 Å². The fourth-order valence-electron chi connectivity index (χ4n) is 3.42. The number of thiophene rings is 1. The van der Waals surface area contributed by atoms with Crippen molar-refractivity contribution in [3.05, 3.63) is 57.0 Å². The quantitative estimate of drug-likeness (QED) is 0.561. The van der Waals surface area contributed by atoms with Crippen LogP contribution in [0, 0.1) is 28.6 Å². The monoisotopic (exact) mass is 389 g/mol. The summed E-state index contributed by atoms with van der Waals surface area (Å²) in [7, 11) is 0. The minimum absolute atomic E-state index is 0.0286. The van der Waals surface area contributed by atoms with Gasteiger partial charge in [0, 0.05) is 4.88 Å². The summed E-state index contributed by atoms with van der Waals surface area (Å²) in [5.74, 6) is 0.539. The molecule has 0 saturated carbocycles. The van der Waals surface area contributed by atoms with Crippen LogP contribution in [0.1, 0.15) is 60.2 Å². The minimum Gasteiger partial charge on any atom is -0.312 e. The van der Waals surface area contributed by atoms with Crippen molar-refractivity contribution in [2.75, 3.05) is 5.32 Å². The van der Waals surface area contributed by atoms with Gasteiger partial charge in [-0.15, -0.1) is 11.3 Å². The molecule has 1 amide bonds. The first-order chi connectivity index (χ1) is 13.4. The number of nitriles is 2. The number of fused-ring (bicyclic) bond motifs is 1. The number of hydrogen-bond donors (Lipinski definition) is 1. The maximum absolute atomic E-state index is 12.7. The summed E-state index contributed by atoms with van der Waals surface area (Å²) >= 11 is 1.47. The predicted molar refractivity (Wildman–Crippen MR) is 113 cm³/mol. The summed E-state index contributed by atoms with van der Waals surface area (Å²) in [5.41, 5.74) is 3.65. The number of carbonyl (C=O) groups is 1. The Hall–Kier alpha value is -2.89. The van der Waals surface area contributed by atoms with Crippen LogP contribution in [-0.2, 0) is 17.6 Å². The summed E-state index contributed by atoms with van der Waals surface area (Å²) in [4.78, 5) is 13.8. The van der Waals surface area contributed by atoms with E-state index in [2.05, 4.69) is 32.2 Å². The molecule has 1 heterocycles. The van der Waals surface area contributed by atoms with Gasteiger partial charge in [-0.05, 0) is 53.9 Å². The largest absolute Gasteiger partial charge is 0.312 e. The fraction of sp³-hybridized carbons (Fsp3) is 0.348. The maximum Gasteiger partial charge on any atom is 0.266 e. The Balaban J connectivity index is 1.83. The fourth-order valence-corrected chi connectivity index (χ4v) is 4.78. The number of hydrogen-bond acceptors (Lipinski definition) is 4. The Morgan fingerprint density at radius 2 is 2.00 bits per heavy atom. The number of nitrogens with zero attached hydrogens (tertiary/aromatic N) is 2. The Morgan fingerprint density at radius 3 is 2.61 bits per heavy atom. The lowest BCUT2D eigenvalue weighted by molar-refractivity contribution is -0.112. The molecule has 2 aromatic rings. The van der Waals surface area contributed by atoms with Gasteiger partial charge in [0.05, 0.1) is 5.56 Å². The third kappa shape index (κ3) is 4.16. The molecule has 1 aromatic carbocycles. The normalized spacial score (nSPS) is 16.2. The van der Waals surface area contributed by atoms with Crippen molar-refractivity contribution < 1.29 is 4.79 Å². The van der Waals surface area contributed by atoms with E-state index in [0.717, 1.165) is 30.4 Å². The van der Waals surface area contributed by atoms with Gasteiger partial charge >= 0.3 is 0 Å². The van der Waals surface area contributed by atoms with Gasteiger partial charge in [0.25, 0.3) is 5.91 Å². The van der Waals surface area contributed by atoms with Gasteiger partial charge in [0.1, 0.15) is 22.7 Å². The van der Waals surface area contributed by atoms with Crippen molar-refractivity contribution in [2.45, 2.75) is 46.0 Å². The lowest BCUT2D eigenvalue weighted by Crippen LogP contribution is -2.13. The standard InChI is InChI=1S/C23H23N3OS/c1-14(2)17-7-5-16(6-8-17)11-18(12-24)22(27)26-23-20(13-25)19-9-4-15(3)10-21(19)28-23/h5-8,11,14-15H,4,9-10H2,1-3H3,(H,26,27)/b18-11-. The van der Waals surface area contributed by atoms with E-state index in [1.807, 2.05) is 30.3 Å². The molecule has 0 bridgehead atoms. The average Bonchev–Trinajstić information content (AvgIpc) is 3.02. The number of anilines is 1. The van der Waals surface area contributed by atoms with Crippen molar-refractivity contribution in [3.63, 3.8) is 0 Å². The van der Waals surface area contributed by atoms with Crippen LogP contribution < -0.4 is 5.32 Å². The Labute approximate surface area is 170 Å². The number of amides is 1. The Morgan fingerprint density at radius 1 is 1.29 bits per heavy atom. The zero-order valence-electron chi connectivity index (χ0n) is 16.4. The van der Waals surface area contributed by atoms with Crippen LogP contribution in [0.3, 0.4) is 0 Å². The summed E-state index contributed by atoms with van der Waals surface area (Å²) in [6.07, 6.45) is 4.45. The minimum atomic E-state index is -0.474. The number of benzene rings is 1. The first-order valence-electron chi connectivity index (χ1n) is 9.50. The molecule has 1 N–H and O–H groups in total. The molecule has 1 aliphatic carbocycles. The predicted octanol–water partition coefficient (Wildman–Crippen LogP) is 5.41. The number of carbonyl (C=O) groups excluding carboxylic acids is 1. The second kappa shape index (κ2) is 8.42. The van der Waals surface area contributed by atoms with Gasteiger partial charge in [0.2, 0.25) is 0 Å². The zero-order chi connectivity index (χ0) is 20.3. The molecular weight excluding hydrogens is 366 g/mol. The summed E-state index contributed by atoms with van der Waals surface area (Å²) in [6, 6.07) is 12.1. The van der Waals surface area contributed by atoms with Crippen LogP contribution >= 0.6 is 11.3 Å². The van der Waals surface area contributed by atoms with E-state index in [9.17, 15) is 15.3 Å². The first-order valence-corrected chi connectivity index (χ1v) is 10.3. The van der Waals surface area contributed by atoms with Crippen molar-refractivity contribution >= 4 is 28.3 Å². The highest BCUT2D eigenvalue weighted by molar-refractivity contribution is 7.16. The van der Waals surface area contributed by atoms with Crippen LogP contribution in [-0.4, -0.2) is 5.91 Å². The Kier molecular flexibility index (Phi) is 5.97. The van der Waals surface area contributed by atoms with E-state index in [-0.39, 0.29) is 5.57 Å². The van der Waals surface area contributed by atoms with Gasteiger partial charge in [-0.3, -0.25) is 4.79 Å². The zero-order valence-corrected chi connectivity index (χ0v) is 17.2. The van der Waals surface area contributed by atoms with E-state index in [4.69, 9.17) is 0 Å². The molecule has 1 atom stereocenters. The SMILES string of the molecule is CC1CCc2c(sc(NC(=O)/C(C#N)=C\c3ccc(C(C)C)cc3)c2C#N)C1. The molecule has 3 rings (SSSR count). The van der Waals surface area contributed by atoms with Crippen molar-refractivity contribution in [2.24, 2.45) is 5.92 Å². The van der Waals surface area contributed by atoms with Crippen LogP contribution in [0.2, 0.25) is 0 Å². The molecule has 1 unspecified atom stereocenters. The molecule has 142 valence electrons. The Bertz CT molecular complexity index is 1000. The second-order valence-corrected chi connectivity index (χ2v) is 8.72. The number of nitrogens with one attached hydrogen (secondary N) is 1. The second-order valence-electron chi connectivity index (χ2n) is 7.61. The van der Waals surface area contributed by atoms with Gasteiger partial charge in [-0.1, -0.05) is 45.0 Å². The third-order valence-corrected chi connectivity index (χ3v) is 6.30. The summed E-state index contributed by atoms with van der Waals surface area (Å²) < 4.78 is 0. The lowest BCUT2D eigenvalue weighted by Gasteiger charge is -2.17. The van der Waals surface area contributed by atoms with Crippen LogP contribution in [0.15, 0.2) is 29.8 Å². The van der Waals surface area contributed by atoms with E-state index in [1.54, 1.807) is 6.08 Å². The van der Waals surface area contributed by atoms with Gasteiger partial charge < -0.3 is 5.32 Å². The molecule has 0 spiro atoms. The molecule has 0 radical (unpaired) electrons. The molecule has 5 heteroatoms. The van der Waals surface area contributed by atoms with Gasteiger partial charge in [-0.2, -0.15) is 10.5 Å². The first kappa shape index (κ1) is 19.9. The molecule has 1 aliphatic rings. The van der Waals surface area contributed by atoms with Crippen molar-refractivity contribution in [1.29, 1.82) is 10.5 Å². The van der Waals surface area contributed by atoms with E-state index < -0.39 is 5.91 Å². The van der Waals surface area contributed by atoms with Crippen LogP contribution in [0.4, 0.5) is 5.00 Å². The third-order valence-electron chi connectivity index (χ3n) is 5.13. The lowest BCUT2D eigenvalue weighted by atomic mass is 9.88. The highest BCUT2D eigenvalue weighted by Gasteiger charge is 2.25. The van der Waals surface area contributed by atoms with Gasteiger partial charge in [-0.25, -0.2) is 0 Å². The summed E-state index contributed by atoms with van der Waals surface area (Å²) in [6.45, 7) is 6.44. The highest BCUT2D eigenvalue weighted by Crippen LogP contribution is 2.39. The molecular formula is C23H23N3OS. The molecule has 0 aliphatic heterocycles. The maximum atomic E-state index is 12.7. The number of rotatable bonds is 4. The van der Waals surface area contributed by atoms with E-state index in [0.29, 0.717) is 22.4 Å². The van der Waals surface area contributed by atoms with Gasteiger partial charge in [0.15, 0.2) is 0 Å². The molecule has 4 nitrogen and oxygen atoms in total. The van der Waals surface area contributed by atoms with Crippen LogP contribution in [0.5, 0.6) is 0 Å². The average molecular weight is 390 g/mol. The van der Waals surface area contributed by atoms with Crippen LogP contribution in [0.25, 0.3) is 6.08 Å². The smallest absolute Gasteiger partial charge is 0.266 e. The van der Waals surface area contributed by atoms with E-state index in [1.165, 1.54) is 21.8 Å². The molecule has 0 saturated heterocycles. The summed E-state index contributed by atoms with van der Waals surface area (Å²) in [5, 5.41) is 22.4. The van der Waals surface area contributed by atoms with Crippen molar-refractivity contribution in [1.82, 2.24) is 0 Å². The molecule has 0 fully saturated rings. The highest BCUT2D eigenvalue weighted by atomic mass is 32.1.